The number of carbonyl (C=O) groups excluding carboxylic acids is 2. The molecule has 0 radical (unpaired) electrons. The second-order valence-corrected chi connectivity index (χ2v) is 4.42. The number of anilines is 1. The van der Waals surface area contributed by atoms with Crippen molar-refractivity contribution in [3.8, 4) is 0 Å². The zero-order valence-electron chi connectivity index (χ0n) is 11.9. The number of methoxy groups -OCH3 is 1. The zero-order chi connectivity index (χ0) is 15.8. The highest BCUT2D eigenvalue weighted by Crippen LogP contribution is 2.09. The molecule has 0 spiro atoms. The SMILES string of the molecule is COC(CNC(=O)c1ccc(NC(C)=O)cc1)CC(=O)O. The quantitative estimate of drug-likeness (QED) is 0.692. The summed E-state index contributed by atoms with van der Waals surface area (Å²) in [5.41, 5.74) is 1.01. The number of carbonyl (C=O) groups is 3. The van der Waals surface area contributed by atoms with E-state index in [0.29, 0.717) is 11.3 Å². The minimum atomic E-state index is -0.990. The van der Waals surface area contributed by atoms with Gasteiger partial charge in [0.2, 0.25) is 5.91 Å². The molecule has 1 unspecified atom stereocenters. The van der Waals surface area contributed by atoms with E-state index in [1.165, 1.54) is 14.0 Å². The molecule has 7 nitrogen and oxygen atoms in total. The fourth-order valence-corrected chi connectivity index (χ4v) is 1.65. The van der Waals surface area contributed by atoms with E-state index in [-0.39, 0.29) is 24.8 Å². The molecule has 0 saturated carbocycles. The van der Waals surface area contributed by atoms with Crippen LogP contribution in [0.2, 0.25) is 0 Å². The summed E-state index contributed by atoms with van der Waals surface area (Å²) in [7, 11) is 1.39. The van der Waals surface area contributed by atoms with Gasteiger partial charge >= 0.3 is 5.97 Å². The minimum Gasteiger partial charge on any atom is -0.481 e. The molecule has 0 heterocycles. The van der Waals surface area contributed by atoms with Gasteiger partial charge in [0.15, 0.2) is 0 Å². The number of hydrogen-bond donors (Lipinski definition) is 3. The Morgan fingerprint density at radius 2 is 1.86 bits per heavy atom. The van der Waals surface area contributed by atoms with E-state index in [1.54, 1.807) is 24.3 Å². The van der Waals surface area contributed by atoms with Crippen molar-refractivity contribution in [3.63, 3.8) is 0 Å². The van der Waals surface area contributed by atoms with E-state index in [4.69, 9.17) is 9.84 Å². The van der Waals surface area contributed by atoms with Crippen molar-refractivity contribution in [2.24, 2.45) is 0 Å². The van der Waals surface area contributed by atoms with Crippen molar-refractivity contribution in [3.05, 3.63) is 29.8 Å². The van der Waals surface area contributed by atoms with Crippen LogP contribution in [-0.4, -0.2) is 42.6 Å². The molecule has 3 N–H and O–H groups in total. The first-order chi connectivity index (χ1) is 9.92. The highest BCUT2D eigenvalue weighted by Gasteiger charge is 2.14. The van der Waals surface area contributed by atoms with Gasteiger partial charge in [-0.05, 0) is 24.3 Å². The van der Waals surface area contributed by atoms with Gasteiger partial charge < -0.3 is 20.5 Å². The molecule has 114 valence electrons. The van der Waals surface area contributed by atoms with Crippen molar-refractivity contribution in [2.45, 2.75) is 19.4 Å². The molecule has 21 heavy (non-hydrogen) atoms. The first kappa shape index (κ1) is 16.6. The number of carboxylic acids is 1. The number of nitrogens with one attached hydrogen (secondary N) is 2. The minimum absolute atomic E-state index is 0.106. The first-order valence-corrected chi connectivity index (χ1v) is 6.32. The zero-order valence-corrected chi connectivity index (χ0v) is 11.9. The second-order valence-electron chi connectivity index (χ2n) is 4.42. The smallest absolute Gasteiger partial charge is 0.306 e. The molecule has 0 aromatic heterocycles. The number of benzene rings is 1. The Morgan fingerprint density at radius 3 is 2.33 bits per heavy atom. The molecule has 0 aliphatic carbocycles. The Labute approximate surface area is 122 Å². The van der Waals surface area contributed by atoms with Crippen LogP contribution >= 0.6 is 0 Å². The van der Waals surface area contributed by atoms with Crippen LogP contribution in [-0.2, 0) is 14.3 Å². The summed E-state index contributed by atoms with van der Waals surface area (Å²) in [6, 6.07) is 6.36. The first-order valence-electron chi connectivity index (χ1n) is 6.32. The van der Waals surface area contributed by atoms with Crippen molar-refractivity contribution >= 4 is 23.5 Å². The summed E-state index contributed by atoms with van der Waals surface area (Å²) < 4.78 is 4.97. The monoisotopic (exact) mass is 294 g/mol. The highest BCUT2D eigenvalue weighted by molar-refractivity contribution is 5.95. The van der Waals surface area contributed by atoms with Gasteiger partial charge in [-0.1, -0.05) is 0 Å². The van der Waals surface area contributed by atoms with Crippen LogP contribution in [0.1, 0.15) is 23.7 Å². The van der Waals surface area contributed by atoms with Crippen molar-refractivity contribution in [2.75, 3.05) is 19.0 Å². The average molecular weight is 294 g/mol. The number of ether oxygens (including phenoxy) is 1. The predicted octanol–water partition coefficient (Wildman–Crippen LogP) is 0.864. The average Bonchev–Trinajstić information content (AvgIpc) is 2.42. The second kappa shape index (κ2) is 8.01. The van der Waals surface area contributed by atoms with E-state index in [2.05, 4.69) is 10.6 Å². The maximum Gasteiger partial charge on any atom is 0.306 e. The molecule has 0 saturated heterocycles. The molecule has 0 fully saturated rings. The van der Waals surface area contributed by atoms with Crippen molar-refractivity contribution in [1.82, 2.24) is 5.32 Å². The molecular formula is C14H18N2O5. The highest BCUT2D eigenvalue weighted by atomic mass is 16.5. The lowest BCUT2D eigenvalue weighted by molar-refractivity contribution is -0.139. The maximum absolute atomic E-state index is 11.9. The van der Waals surface area contributed by atoms with E-state index in [0.717, 1.165) is 0 Å². The van der Waals surface area contributed by atoms with Crippen LogP contribution in [0.4, 0.5) is 5.69 Å². The van der Waals surface area contributed by atoms with E-state index in [1.807, 2.05) is 0 Å². The van der Waals surface area contributed by atoms with Gasteiger partial charge in [0.25, 0.3) is 5.91 Å². The molecule has 0 bridgehead atoms. The summed E-state index contributed by atoms with van der Waals surface area (Å²) in [5, 5.41) is 13.9. The lowest BCUT2D eigenvalue weighted by Crippen LogP contribution is -2.34. The lowest BCUT2D eigenvalue weighted by atomic mass is 10.2. The number of aliphatic carboxylic acids is 1. The van der Waals surface area contributed by atoms with E-state index in [9.17, 15) is 14.4 Å². The fraction of sp³-hybridized carbons (Fsp3) is 0.357. The Morgan fingerprint density at radius 1 is 1.24 bits per heavy atom. The molecule has 1 atom stereocenters. The van der Waals surface area contributed by atoms with Gasteiger partial charge in [0.05, 0.1) is 12.5 Å². The molecule has 7 heteroatoms. The van der Waals surface area contributed by atoms with Crippen LogP contribution in [0.3, 0.4) is 0 Å². The Bertz CT molecular complexity index is 513. The lowest BCUT2D eigenvalue weighted by Gasteiger charge is -2.14. The number of amides is 2. The van der Waals surface area contributed by atoms with Gasteiger partial charge in [-0.3, -0.25) is 14.4 Å². The fourth-order valence-electron chi connectivity index (χ4n) is 1.65. The van der Waals surface area contributed by atoms with Crippen LogP contribution in [0.5, 0.6) is 0 Å². The van der Waals surface area contributed by atoms with Gasteiger partial charge in [-0.25, -0.2) is 0 Å². The Kier molecular flexibility index (Phi) is 6.35. The van der Waals surface area contributed by atoms with Crippen molar-refractivity contribution < 1.29 is 24.2 Å². The molecule has 1 aromatic rings. The molecule has 2 amide bonds. The topological polar surface area (TPSA) is 105 Å². The van der Waals surface area contributed by atoms with Gasteiger partial charge in [-0.15, -0.1) is 0 Å². The summed E-state index contributed by atoms with van der Waals surface area (Å²) >= 11 is 0. The normalized spacial score (nSPS) is 11.5. The molecule has 1 rings (SSSR count). The number of rotatable bonds is 7. The third kappa shape index (κ3) is 6.05. The van der Waals surface area contributed by atoms with Crippen LogP contribution in [0.25, 0.3) is 0 Å². The Hall–Kier alpha value is -2.41. The summed E-state index contributed by atoms with van der Waals surface area (Å²) in [6.07, 6.45) is -0.761. The third-order valence-electron chi connectivity index (χ3n) is 2.69. The van der Waals surface area contributed by atoms with Gasteiger partial charge in [0, 0.05) is 31.8 Å². The standard InChI is InChI=1S/C14H18N2O5/c1-9(17)16-11-5-3-10(4-6-11)14(20)15-8-12(21-2)7-13(18)19/h3-6,12H,7-8H2,1-2H3,(H,15,20)(H,16,17)(H,18,19). The van der Waals surface area contributed by atoms with Crippen LogP contribution in [0.15, 0.2) is 24.3 Å². The van der Waals surface area contributed by atoms with Gasteiger partial charge in [0.1, 0.15) is 0 Å². The van der Waals surface area contributed by atoms with E-state index >= 15 is 0 Å². The summed E-state index contributed by atoms with van der Waals surface area (Å²) in [5.74, 6) is -1.52. The van der Waals surface area contributed by atoms with Gasteiger partial charge in [-0.2, -0.15) is 0 Å². The number of carboxylic acid groups (broad SMARTS) is 1. The molecule has 0 aliphatic heterocycles. The maximum atomic E-state index is 11.9. The Balaban J connectivity index is 2.55. The summed E-state index contributed by atoms with van der Waals surface area (Å²) in [6.45, 7) is 1.50. The van der Waals surface area contributed by atoms with Crippen LogP contribution < -0.4 is 10.6 Å². The summed E-state index contributed by atoms with van der Waals surface area (Å²) in [4.78, 5) is 33.3. The number of hydrogen-bond acceptors (Lipinski definition) is 4. The molecular weight excluding hydrogens is 276 g/mol. The van der Waals surface area contributed by atoms with E-state index < -0.39 is 12.1 Å². The molecule has 1 aromatic carbocycles. The van der Waals surface area contributed by atoms with Crippen LogP contribution in [0, 0.1) is 0 Å². The third-order valence-corrected chi connectivity index (χ3v) is 2.69. The predicted molar refractivity (Wildman–Crippen MR) is 76.1 cm³/mol. The largest absolute Gasteiger partial charge is 0.481 e. The van der Waals surface area contributed by atoms with Crippen molar-refractivity contribution in [1.29, 1.82) is 0 Å². The molecule has 0 aliphatic rings.